The summed E-state index contributed by atoms with van der Waals surface area (Å²) in [6.45, 7) is 7.46. The molecule has 11 heavy (non-hydrogen) atoms. The summed E-state index contributed by atoms with van der Waals surface area (Å²) >= 11 is 0. The van der Waals surface area contributed by atoms with E-state index in [1.54, 1.807) is 0 Å². The molecule has 1 rings (SSSR count). The van der Waals surface area contributed by atoms with E-state index in [9.17, 15) is 0 Å². The molecule has 1 aromatic heterocycles. The van der Waals surface area contributed by atoms with E-state index in [4.69, 9.17) is 0 Å². The van der Waals surface area contributed by atoms with Gasteiger partial charge in [0.2, 0.25) is 0 Å². The van der Waals surface area contributed by atoms with Gasteiger partial charge in [-0.15, -0.1) is 0 Å². The lowest BCUT2D eigenvalue weighted by molar-refractivity contribution is -0.705. The number of nitrogens with zero attached hydrogens (tertiary/aromatic N) is 2. The lowest BCUT2D eigenvalue weighted by Gasteiger charge is -2.01. The average Bonchev–Trinajstić information content (AvgIpc) is 2.04. The van der Waals surface area contributed by atoms with Crippen molar-refractivity contribution in [1.29, 1.82) is 0 Å². The minimum absolute atomic E-state index is 0.510. The van der Waals surface area contributed by atoms with Gasteiger partial charge < -0.3 is 0 Å². The van der Waals surface area contributed by atoms with E-state index in [-0.39, 0.29) is 0 Å². The molecular formula is C9H15N2+. The standard InChI is InChI=1S/C9H15N2/c1-4-11-7-5-6-10-9(11)8(2)3/h5-8H,4H2,1-3H3/q+1. The van der Waals surface area contributed by atoms with Gasteiger partial charge in [-0.05, 0) is 6.92 Å². The van der Waals surface area contributed by atoms with Crippen LogP contribution in [0.2, 0.25) is 0 Å². The van der Waals surface area contributed by atoms with Crippen molar-refractivity contribution in [2.45, 2.75) is 33.2 Å². The minimum atomic E-state index is 0.510. The molecule has 0 aliphatic rings. The number of aromatic nitrogens is 2. The van der Waals surface area contributed by atoms with Crippen molar-refractivity contribution >= 4 is 0 Å². The van der Waals surface area contributed by atoms with Crippen LogP contribution in [0.15, 0.2) is 18.5 Å². The monoisotopic (exact) mass is 151 g/mol. The topological polar surface area (TPSA) is 16.8 Å². The summed E-state index contributed by atoms with van der Waals surface area (Å²) < 4.78 is 2.17. The van der Waals surface area contributed by atoms with E-state index >= 15 is 0 Å². The maximum absolute atomic E-state index is 4.31. The van der Waals surface area contributed by atoms with Gasteiger partial charge >= 0.3 is 5.82 Å². The Bertz CT molecular complexity index is 231. The summed E-state index contributed by atoms with van der Waals surface area (Å²) in [5, 5.41) is 0. The van der Waals surface area contributed by atoms with Crippen LogP contribution >= 0.6 is 0 Å². The van der Waals surface area contributed by atoms with E-state index in [2.05, 4.69) is 36.5 Å². The molecule has 0 aromatic carbocycles. The molecular weight excluding hydrogens is 136 g/mol. The normalized spacial score (nSPS) is 10.5. The molecule has 0 unspecified atom stereocenters. The largest absolute Gasteiger partial charge is 0.300 e. The van der Waals surface area contributed by atoms with Crippen LogP contribution in [0, 0.1) is 0 Å². The third-order valence-electron chi connectivity index (χ3n) is 1.71. The molecule has 1 heterocycles. The van der Waals surface area contributed by atoms with Gasteiger partial charge in [-0.25, -0.2) is 4.57 Å². The van der Waals surface area contributed by atoms with Gasteiger partial charge in [0.1, 0.15) is 6.20 Å². The Morgan fingerprint density at radius 1 is 1.55 bits per heavy atom. The van der Waals surface area contributed by atoms with Crippen LogP contribution in [0.3, 0.4) is 0 Å². The molecule has 2 nitrogen and oxygen atoms in total. The summed E-state index contributed by atoms with van der Waals surface area (Å²) in [6, 6.07) is 1.97. The van der Waals surface area contributed by atoms with Crippen molar-refractivity contribution < 1.29 is 4.57 Å². The Morgan fingerprint density at radius 3 is 2.73 bits per heavy atom. The molecule has 0 saturated heterocycles. The fraction of sp³-hybridized carbons (Fsp3) is 0.556. The maximum Gasteiger partial charge on any atom is 0.300 e. The lowest BCUT2D eigenvalue weighted by atomic mass is 10.2. The summed E-state index contributed by atoms with van der Waals surface area (Å²) in [5.74, 6) is 1.67. The number of hydrogen-bond acceptors (Lipinski definition) is 1. The Labute approximate surface area is 67.9 Å². The highest BCUT2D eigenvalue weighted by atomic mass is 15.0. The van der Waals surface area contributed by atoms with Crippen molar-refractivity contribution in [2.75, 3.05) is 0 Å². The molecule has 0 atom stereocenters. The Hall–Kier alpha value is -0.920. The Kier molecular flexibility index (Phi) is 2.58. The predicted molar refractivity (Wildman–Crippen MR) is 44.2 cm³/mol. The molecule has 0 amide bonds. The molecule has 0 radical (unpaired) electrons. The second kappa shape index (κ2) is 3.46. The molecule has 0 N–H and O–H groups in total. The number of hydrogen-bond donors (Lipinski definition) is 0. The summed E-state index contributed by atoms with van der Waals surface area (Å²) in [5.41, 5.74) is 0. The Morgan fingerprint density at radius 2 is 2.27 bits per heavy atom. The average molecular weight is 151 g/mol. The van der Waals surface area contributed by atoms with Gasteiger partial charge in [-0.1, -0.05) is 18.8 Å². The van der Waals surface area contributed by atoms with Gasteiger partial charge in [0, 0.05) is 6.07 Å². The van der Waals surface area contributed by atoms with Crippen molar-refractivity contribution in [2.24, 2.45) is 0 Å². The zero-order valence-electron chi connectivity index (χ0n) is 7.41. The van der Waals surface area contributed by atoms with Crippen LogP contribution in [0.25, 0.3) is 0 Å². The molecule has 1 aromatic rings. The number of rotatable bonds is 2. The molecule has 0 aliphatic carbocycles. The number of aryl methyl sites for hydroxylation is 1. The quantitative estimate of drug-likeness (QED) is 0.585. The first-order chi connectivity index (χ1) is 5.25. The first-order valence-corrected chi connectivity index (χ1v) is 4.10. The van der Waals surface area contributed by atoms with Crippen molar-refractivity contribution in [1.82, 2.24) is 4.98 Å². The van der Waals surface area contributed by atoms with Gasteiger partial charge in [0.05, 0.1) is 18.7 Å². The van der Waals surface area contributed by atoms with E-state index < -0.39 is 0 Å². The highest BCUT2D eigenvalue weighted by Crippen LogP contribution is 2.04. The van der Waals surface area contributed by atoms with Crippen LogP contribution in [0.1, 0.15) is 32.5 Å². The second-order valence-electron chi connectivity index (χ2n) is 2.92. The van der Waals surface area contributed by atoms with E-state index in [1.165, 1.54) is 0 Å². The maximum atomic E-state index is 4.31. The Balaban J connectivity index is 3.02. The summed E-state index contributed by atoms with van der Waals surface area (Å²) in [6.07, 6.45) is 3.92. The van der Waals surface area contributed by atoms with Crippen LogP contribution in [0.4, 0.5) is 0 Å². The smallest absolute Gasteiger partial charge is 0.235 e. The van der Waals surface area contributed by atoms with E-state index in [1.807, 2.05) is 12.3 Å². The van der Waals surface area contributed by atoms with Crippen LogP contribution < -0.4 is 4.57 Å². The third kappa shape index (κ3) is 1.76. The third-order valence-corrected chi connectivity index (χ3v) is 1.71. The van der Waals surface area contributed by atoms with Crippen molar-refractivity contribution in [3.8, 4) is 0 Å². The van der Waals surface area contributed by atoms with E-state index in [0.29, 0.717) is 5.92 Å². The van der Waals surface area contributed by atoms with Crippen molar-refractivity contribution in [3.05, 3.63) is 24.3 Å². The van der Waals surface area contributed by atoms with Gasteiger partial charge in [-0.3, -0.25) is 0 Å². The van der Waals surface area contributed by atoms with Crippen LogP contribution in [0.5, 0.6) is 0 Å². The molecule has 0 bridgehead atoms. The van der Waals surface area contributed by atoms with Gasteiger partial charge in [0.25, 0.3) is 0 Å². The van der Waals surface area contributed by atoms with Gasteiger partial charge in [0.15, 0.2) is 0 Å². The van der Waals surface area contributed by atoms with Crippen molar-refractivity contribution in [3.63, 3.8) is 0 Å². The zero-order chi connectivity index (χ0) is 8.27. The molecule has 2 heteroatoms. The molecule has 0 fully saturated rings. The molecule has 0 aliphatic heterocycles. The fourth-order valence-corrected chi connectivity index (χ4v) is 1.16. The first kappa shape index (κ1) is 8.18. The fourth-order valence-electron chi connectivity index (χ4n) is 1.16. The molecule has 0 spiro atoms. The zero-order valence-corrected chi connectivity index (χ0v) is 7.41. The van der Waals surface area contributed by atoms with Crippen LogP contribution in [-0.2, 0) is 6.54 Å². The molecule has 0 saturated carbocycles. The minimum Gasteiger partial charge on any atom is -0.235 e. The summed E-state index contributed by atoms with van der Waals surface area (Å²) in [7, 11) is 0. The van der Waals surface area contributed by atoms with Crippen LogP contribution in [-0.4, -0.2) is 4.98 Å². The summed E-state index contributed by atoms with van der Waals surface area (Å²) in [4.78, 5) is 4.31. The van der Waals surface area contributed by atoms with E-state index in [0.717, 1.165) is 12.4 Å². The van der Waals surface area contributed by atoms with Gasteiger partial charge in [-0.2, -0.15) is 0 Å². The highest BCUT2D eigenvalue weighted by Gasteiger charge is 2.12. The first-order valence-electron chi connectivity index (χ1n) is 4.10. The second-order valence-corrected chi connectivity index (χ2v) is 2.92. The SMILES string of the molecule is CC[n+]1cccnc1C(C)C. The lowest BCUT2D eigenvalue weighted by Crippen LogP contribution is -2.38. The molecule has 60 valence electrons. The highest BCUT2D eigenvalue weighted by molar-refractivity contribution is 4.85. The predicted octanol–water partition coefficient (Wildman–Crippen LogP) is 1.51.